The maximum absolute atomic E-state index is 14.8. The van der Waals surface area contributed by atoms with Gasteiger partial charge in [0.2, 0.25) is 11.8 Å². The number of aryl methyl sites for hydroxylation is 1. The first-order valence-corrected chi connectivity index (χ1v) is 22.9. The Kier molecular flexibility index (Phi) is 19.2. The SMILES string of the molecule is Cc1nc(-c2ccc(CC3CCC3)cc2)ncc1C(=O)C[C@@H](CCN)C(=O)N(C)[C@@H]1C(=O)C[C@@H](C)C(=O)N[C@H](C(=O)CCC#N)Cc2ccc(OCCN)c(c2)-c2cc1ccc2OCCN.S. The highest BCUT2D eigenvalue weighted by molar-refractivity contribution is 7.59. The summed E-state index contributed by atoms with van der Waals surface area (Å²) >= 11 is 0. The fourth-order valence-corrected chi connectivity index (χ4v) is 8.68. The predicted molar refractivity (Wildman–Crippen MR) is 261 cm³/mol. The molecular weight excluding hydrogens is 869 g/mol. The number of ether oxygens (including phenoxy) is 2. The van der Waals surface area contributed by atoms with Crippen LogP contribution in [0.25, 0.3) is 22.5 Å². The molecule has 1 aromatic heterocycles. The number of likely N-dealkylation sites (N-methyl/N-ethyl adjacent to an activating group) is 1. The number of hydrogen-bond acceptors (Lipinski definition) is 13. The molecular formula is C51H64N8O7S. The molecule has 356 valence electrons. The molecule has 4 atom stereocenters. The summed E-state index contributed by atoms with van der Waals surface area (Å²) in [6.07, 6.45) is 6.03. The number of nitrogens with two attached hydrogens (primary N) is 3. The number of benzene rings is 3. The van der Waals surface area contributed by atoms with E-state index in [2.05, 4.69) is 27.4 Å². The molecule has 0 unspecified atom stereocenters. The van der Waals surface area contributed by atoms with Crippen molar-refractivity contribution in [3.05, 3.63) is 94.8 Å². The molecule has 15 nitrogen and oxygen atoms in total. The molecule has 1 aliphatic carbocycles. The highest BCUT2D eigenvalue weighted by Crippen LogP contribution is 2.41. The predicted octanol–water partition coefficient (Wildman–Crippen LogP) is 5.50. The Morgan fingerprint density at radius 3 is 2.21 bits per heavy atom. The number of ketones is 3. The second-order valence-electron chi connectivity index (χ2n) is 17.5. The van der Waals surface area contributed by atoms with Gasteiger partial charge in [0.1, 0.15) is 30.8 Å². The molecule has 0 radical (unpaired) electrons. The summed E-state index contributed by atoms with van der Waals surface area (Å²) in [5.41, 5.74) is 22.8. The molecule has 2 amide bonds. The minimum absolute atomic E-state index is 0. The monoisotopic (exact) mass is 932 g/mol. The van der Waals surface area contributed by atoms with Crippen LogP contribution < -0.4 is 32.0 Å². The zero-order chi connectivity index (χ0) is 47.3. The van der Waals surface area contributed by atoms with Crippen LogP contribution in [0.1, 0.15) is 97.1 Å². The number of nitrogens with zero attached hydrogens (tertiary/aromatic N) is 4. The first-order chi connectivity index (χ1) is 31.8. The summed E-state index contributed by atoms with van der Waals surface area (Å²) in [6.45, 7) is 4.20. The minimum Gasteiger partial charge on any atom is -0.492 e. The summed E-state index contributed by atoms with van der Waals surface area (Å²) in [4.78, 5) is 81.4. The molecule has 16 heteroatoms. The molecule has 1 fully saturated rings. The van der Waals surface area contributed by atoms with E-state index in [-0.39, 0.29) is 102 Å². The number of carbonyl (C=O) groups excluding carboxylic acids is 5. The van der Waals surface area contributed by atoms with Gasteiger partial charge in [0.15, 0.2) is 23.2 Å². The van der Waals surface area contributed by atoms with Gasteiger partial charge in [0.25, 0.3) is 0 Å². The maximum Gasteiger partial charge on any atom is 0.226 e. The molecule has 6 rings (SSSR count). The standard InChI is InChI=1S/C51H62N8O7.H2S/c1-31-24-45(62)48(59(3)51(64)38(17-19-53)29-44(61)41-30-56-49(57-32(41)2)36-12-9-34(10-13-36)25-33-6-4-7-33)37-14-16-47(66-23-21-55)40(28-37)39-26-35(11-15-46(39)65-22-20-54)27-42(58-50(31)63)43(60)8-5-18-52;/h9-16,26,28,30-31,33,38,42,48H,4-8,17,19-25,27,29,53-55H2,1-3H3,(H,58,63);1H2/t31-,38-,42+,48+;/m1./s1. The first-order valence-electron chi connectivity index (χ1n) is 22.9. The Labute approximate surface area is 400 Å². The molecule has 4 aromatic rings. The first kappa shape index (κ1) is 52.0. The van der Waals surface area contributed by atoms with Gasteiger partial charge in [-0.2, -0.15) is 18.8 Å². The van der Waals surface area contributed by atoms with Crippen LogP contribution in [0.2, 0.25) is 0 Å². The quantitative estimate of drug-likeness (QED) is 0.0851. The summed E-state index contributed by atoms with van der Waals surface area (Å²) in [5, 5.41) is 12.1. The number of rotatable bonds is 19. The second kappa shape index (κ2) is 24.7. The van der Waals surface area contributed by atoms with Crippen molar-refractivity contribution in [1.82, 2.24) is 20.2 Å². The van der Waals surface area contributed by atoms with Gasteiger partial charge in [-0.05, 0) is 79.6 Å². The van der Waals surface area contributed by atoms with E-state index < -0.39 is 41.5 Å². The van der Waals surface area contributed by atoms with Gasteiger partial charge in [-0.3, -0.25) is 24.0 Å². The Hall–Kier alpha value is -5.99. The molecule has 7 N–H and O–H groups in total. The van der Waals surface area contributed by atoms with Gasteiger partial charge in [-0.1, -0.05) is 62.6 Å². The van der Waals surface area contributed by atoms with Crippen LogP contribution >= 0.6 is 13.5 Å². The highest BCUT2D eigenvalue weighted by atomic mass is 32.1. The normalized spacial score (nSPS) is 17.7. The number of amides is 2. The van der Waals surface area contributed by atoms with Gasteiger partial charge in [0, 0.05) is 80.5 Å². The summed E-state index contributed by atoms with van der Waals surface area (Å²) < 4.78 is 12.3. The number of nitriles is 1. The molecule has 2 aliphatic rings. The van der Waals surface area contributed by atoms with Gasteiger partial charge < -0.3 is 36.9 Å². The van der Waals surface area contributed by atoms with Crippen LogP contribution in [0.3, 0.4) is 0 Å². The zero-order valence-corrected chi connectivity index (χ0v) is 39.7. The van der Waals surface area contributed by atoms with E-state index in [0.717, 1.165) is 17.9 Å². The maximum atomic E-state index is 14.8. The number of fused-ring (bicyclic) bond motifs is 5. The number of carbonyl (C=O) groups is 5. The van der Waals surface area contributed by atoms with Crippen LogP contribution in [0.5, 0.6) is 11.5 Å². The van der Waals surface area contributed by atoms with Crippen molar-refractivity contribution in [3.8, 4) is 40.1 Å². The molecule has 1 saturated carbocycles. The van der Waals surface area contributed by atoms with E-state index in [1.807, 2.05) is 24.3 Å². The van der Waals surface area contributed by atoms with Crippen molar-refractivity contribution in [2.24, 2.45) is 35.0 Å². The Morgan fingerprint density at radius 2 is 1.60 bits per heavy atom. The molecule has 4 bridgehead atoms. The number of Topliss-reactive ketones (excluding diaryl/α,β-unsaturated/α-hetero) is 3. The fraction of sp³-hybridized carbons (Fsp3) is 0.451. The number of nitrogens with one attached hydrogen (secondary N) is 1. The van der Waals surface area contributed by atoms with Crippen LogP contribution in [0, 0.1) is 36.0 Å². The highest BCUT2D eigenvalue weighted by Gasteiger charge is 2.36. The van der Waals surface area contributed by atoms with Gasteiger partial charge >= 0.3 is 0 Å². The van der Waals surface area contributed by atoms with Crippen molar-refractivity contribution in [3.63, 3.8) is 0 Å². The number of hydrogen-bond donors (Lipinski definition) is 4. The molecule has 0 saturated heterocycles. The number of aromatic nitrogens is 2. The topological polar surface area (TPSA) is 247 Å². The van der Waals surface area contributed by atoms with E-state index >= 15 is 0 Å². The lowest BCUT2D eigenvalue weighted by atomic mass is 9.81. The fourth-order valence-electron chi connectivity index (χ4n) is 8.68. The van der Waals surface area contributed by atoms with Crippen molar-refractivity contribution in [2.75, 3.05) is 39.9 Å². The van der Waals surface area contributed by atoms with Crippen molar-refractivity contribution in [2.45, 2.75) is 90.1 Å². The van der Waals surface area contributed by atoms with Gasteiger partial charge in [0.05, 0.1) is 23.4 Å². The largest absolute Gasteiger partial charge is 0.492 e. The third-order valence-electron chi connectivity index (χ3n) is 12.6. The van der Waals surface area contributed by atoms with Crippen LogP contribution in [-0.4, -0.2) is 90.0 Å². The molecule has 1 aliphatic heterocycles. The Bertz CT molecular complexity index is 2440. The van der Waals surface area contributed by atoms with E-state index in [1.54, 1.807) is 44.2 Å². The lowest BCUT2D eigenvalue weighted by Crippen LogP contribution is -2.46. The van der Waals surface area contributed by atoms with E-state index in [9.17, 15) is 29.2 Å². The average molecular weight is 933 g/mol. The minimum atomic E-state index is -1.23. The van der Waals surface area contributed by atoms with Crippen molar-refractivity contribution < 1.29 is 33.4 Å². The van der Waals surface area contributed by atoms with Gasteiger partial charge in [-0.25, -0.2) is 9.97 Å². The summed E-state index contributed by atoms with van der Waals surface area (Å²) in [5.74, 6) is -1.89. The molecule has 0 spiro atoms. The van der Waals surface area contributed by atoms with Crippen LogP contribution in [0.15, 0.2) is 66.9 Å². The lowest BCUT2D eigenvalue weighted by molar-refractivity contribution is -0.142. The summed E-state index contributed by atoms with van der Waals surface area (Å²) in [7, 11) is 1.51. The van der Waals surface area contributed by atoms with Crippen molar-refractivity contribution >= 4 is 42.7 Å². The van der Waals surface area contributed by atoms with E-state index in [1.165, 1.54) is 43.0 Å². The second-order valence-corrected chi connectivity index (χ2v) is 17.5. The Balaban J connectivity index is 0.00000840. The third kappa shape index (κ3) is 13.1. The smallest absolute Gasteiger partial charge is 0.226 e. The Morgan fingerprint density at radius 1 is 0.925 bits per heavy atom. The average Bonchev–Trinajstić information content (AvgIpc) is 3.30. The van der Waals surface area contributed by atoms with Crippen molar-refractivity contribution in [1.29, 1.82) is 5.26 Å². The van der Waals surface area contributed by atoms with Crippen LogP contribution in [0.4, 0.5) is 0 Å². The lowest BCUT2D eigenvalue weighted by Gasteiger charge is -2.32. The third-order valence-corrected chi connectivity index (χ3v) is 12.6. The molecule has 3 aromatic carbocycles. The zero-order valence-electron chi connectivity index (χ0n) is 38.7. The summed E-state index contributed by atoms with van der Waals surface area (Å²) in [6, 6.07) is 18.5. The molecule has 2 heterocycles. The molecule has 67 heavy (non-hydrogen) atoms. The van der Waals surface area contributed by atoms with E-state index in [4.69, 9.17) is 26.7 Å². The van der Waals surface area contributed by atoms with E-state index in [0.29, 0.717) is 45.3 Å². The van der Waals surface area contributed by atoms with Crippen LogP contribution in [-0.2, 0) is 32.0 Å². The van der Waals surface area contributed by atoms with Gasteiger partial charge in [-0.15, -0.1) is 0 Å².